The minimum atomic E-state index is 0.152. The molecule has 2 aromatic carbocycles. The average molecular weight is 364 g/mol. The van der Waals surface area contributed by atoms with Crippen molar-refractivity contribution in [2.45, 2.75) is 13.3 Å². The maximum atomic E-state index is 12.8. The normalized spacial score (nSPS) is 14.6. The van der Waals surface area contributed by atoms with Crippen molar-refractivity contribution in [3.8, 4) is 5.75 Å². The summed E-state index contributed by atoms with van der Waals surface area (Å²) < 4.78 is 11.1. The standard InChI is InChI=1S/C22H24N2O3/c1-16-7-8-20-18(13-16)17(15-27-20)14-22(25)24-11-9-23(10-12-24)19-5-3-4-6-21(19)26-2/h3-8,13,15H,9-12,14H2,1-2H3. The number of methoxy groups -OCH3 is 1. The Morgan fingerprint density at radius 3 is 2.67 bits per heavy atom. The number of para-hydroxylation sites is 2. The van der Waals surface area contributed by atoms with Gasteiger partial charge in [-0.1, -0.05) is 23.8 Å². The highest BCUT2D eigenvalue weighted by atomic mass is 16.5. The minimum absolute atomic E-state index is 0.152. The van der Waals surface area contributed by atoms with Crippen LogP contribution in [0.2, 0.25) is 0 Å². The molecule has 0 N–H and O–H groups in total. The molecule has 1 amide bonds. The zero-order valence-corrected chi connectivity index (χ0v) is 15.8. The number of amides is 1. The van der Waals surface area contributed by atoms with Gasteiger partial charge in [0.15, 0.2) is 0 Å². The van der Waals surface area contributed by atoms with Crippen molar-refractivity contribution in [3.63, 3.8) is 0 Å². The third-order valence-electron chi connectivity index (χ3n) is 5.21. The fourth-order valence-corrected chi connectivity index (χ4v) is 3.70. The summed E-state index contributed by atoms with van der Waals surface area (Å²) in [5.41, 5.74) is 4.06. The zero-order valence-electron chi connectivity index (χ0n) is 15.8. The molecular weight excluding hydrogens is 340 g/mol. The highest BCUT2D eigenvalue weighted by Gasteiger charge is 2.23. The van der Waals surface area contributed by atoms with Gasteiger partial charge in [-0.15, -0.1) is 0 Å². The molecule has 1 aromatic heterocycles. The number of nitrogens with zero attached hydrogens (tertiary/aromatic N) is 2. The molecule has 1 fully saturated rings. The van der Waals surface area contributed by atoms with E-state index in [-0.39, 0.29) is 5.91 Å². The lowest BCUT2D eigenvalue weighted by Gasteiger charge is -2.36. The summed E-state index contributed by atoms with van der Waals surface area (Å²) in [7, 11) is 1.69. The van der Waals surface area contributed by atoms with E-state index in [1.54, 1.807) is 13.4 Å². The van der Waals surface area contributed by atoms with Crippen LogP contribution in [0.3, 0.4) is 0 Å². The Labute approximate surface area is 159 Å². The predicted octanol–water partition coefficient (Wildman–Crippen LogP) is 3.64. The van der Waals surface area contributed by atoms with Crippen LogP contribution in [0.25, 0.3) is 11.0 Å². The van der Waals surface area contributed by atoms with E-state index in [1.807, 2.05) is 35.2 Å². The lowest BCUT2D eigenvalue weighted by atomic mass is 10.1. The van der Waals surface area contributed by atoms with E-state index in [0.717, 1.165) is 41.1 Å². The molecule has 0 aliphatic carbocycles. The third-order valence-corrected chi connectivity index (χ3v) is 5.21. The molecule has 1 aliphatic rings. The number of piperazine rings is 1. The van der Waals surface area contributed by atoms with E-state index in [0.29, 0.717) is 19.5 Å². The number of ether oxygens (including phenoxy) is 1. The molecule has 0 spiro atoms. The zero-order chi connectivity index (χ0) is 18.8. The van der Waals surface area contributed by atoms with Crippen molar-refractivity contribution in [2.75, 3.05) is 38.2 Å². The second-order valence-corrected chi connectivity index (χ2v) is 6.98. The number of fused-ring (bicyclic) bond motifs is 1. The van der Waals surface area contributed by atoms with Gasteiger partial charge in [-0.05, 0) is 31.2 Å². The summed E-state index contributed by atoms with van der Waals surface area (Å²) >= 11 is 0. The van der Waals surface area contributed by atoms with Crippen LogP contribution in [0.5, 0.6) is 5.75 Å². The summed E-state index contributed by atoms with van der Waals surface area (Å²) in [6.45, 7) is 5.08. The fourth-order valence-electron chi connectivity index (χ4n) is 3.70. The van der Waals surface area contributed by atoms with Crippen LogP contribution in [0.1, 0.15) is 11.1 Å². The molecule has 0 bridgehead atoms. The molecule has 0 saturated carbocycles. The van der Waals surface area contributed by atoms with Gasteiger partial charge in [0, 0.05) is 37.1 Å². The summed E-state index contributed by atoms with van der Waals surface area (Å²) in [6.07, 6.45) is 2.10. The monoisotopic (exact) mass is 364 g/mol. The first-order valence-corrected chi connectivity index (χ1v) is 9.28. The molecule has 5 nitrogen and oxygen atoms in total. The van der Waals surface area contributed by atoms with Crippen LogP contribution >= 0.6 is 0 Å². The Morgan fingerprint density at radius 1 is 1.11 bits per heavy atom. The molecule has 1 aliphatic heterocycles. The van der Waals surface area contributed by atoms with Crippen molar-refractivity contribution in [1.82, 2.24) is 4.90 Å². The molecule has 4 rings (SSSR count). The first-order chi connectivity index (χ1) is 13.2. The highest BCUT2D eigenvalue weighted by molar-refractivity contribution is 5.88. The first-order valence-electron chi connectivity index (χ1n) is 9.28. The van der Waals surface area contributed by atoms with E-state index in [4.69, 9.17) is 9.15 Å². The van der Waals surface area contributed by atoms with Crippen molar-refractivity contribution >= 4 is 22.6 Å². The Hall–Kier alpha value is -2.95. The van der Waals surface area contributed by atoms with Gasteiger partial charge in [0.2, 0.25) is 5.91 Å². The average Bonchev–Trinajstić information content (AvgIpc) is 3.10. The Morgan fingerprint density at radius 2 is 1.89 bits per heavy atom. The summed E-state index contributed by atoms with van der Waals surface area (Å²) in [5.74, 6) is 1.02. The number of hydrogen-bond acceptors (Lipinski definition) is 4. The van der Waals surface area contributed by atoms with Crippen LogP contribution < -0.4 is 9.64 Å². The van der Waals surface area contributed by atoms with Crippen molar-refractivity contribution < 1.29 is 13.9 Å². The van der Waals surface area contributed by atoms with Gasteiger partial charge >= 0.3 is 0 Å². The van der Waals surface area contributed by atoms with Crippen LogP contribution in [0.15, 0.2) is 53.1 Å². The lowest BCUT2D eigenvalue weighted by Crippen LogP contribution is -2.49. The molecule has 2 heterocycles. The molecule has 0 atom stereocenters. The maximum absolute atomic E-state index is 12.8. The van der Waals surface area contributed by atoms with Crippen LogP contribution in [0, 0.1) is 6.92 Å². The van der Waals surface area contributed by atoms with E-state index in [2.05, 4.69) is 24.0 Å². The van der Waals surface area contributed by atoms with Gasteiger partial charge < -0.3 is 19.0 Å². The molecule has 140 valence electrons. The summed E-state index contributed by atoms with van der Waals surface area (Å²) in [4.78, 5) is 17.0. The quantitative estimate of drug-likeness (QED) is 0.709. The van der Waals surface area contributed by atoms with E-state index >= 15 is 0 Å². The Balaban J connectivity index is 1.42. The Kier molecular flexibility index (Phi) is 4.75. The van der Waals surface area contributed by atoms with Gasteiger partial charge in [-0.3, -0.25) is 4.79 Å². The van der Waals surface area contributed by atoms with E-state index < -0.39 is 0 Å². The number of aryl methyl sites for hydroxylation is 1. The number of anilines is 1. The fraction of sp³-hybridized carbons (Fsp3) is 0.318. The number of carbonyl (C=O) groups is 1. The van der Waals surface area contributed by atoms with Gasteiger partial charge in [0.05, 0.1) is 25.5 Å². The highest BCUT2D eigenvalue weighted by Crippen LogP contribution is 2.28. The minimum Gasteiger partial charge on any atom is -0.495 e. The number of furan rings is 1. The topological polar surface area (TPSA) is 45.9 Å². The third kappa shape index (κ3) is 3.50. The Bertz CT molecular complexity index is 955. The molecule has 0 radical (unpaired) electrons. The summed E-state index contributed by atoms with van der Waals surface area (Å²) in [6, 6.07) is 14.1. The molecular formula is C22H24N2O3. The van der Waals surface area contributed by atoms with Crippen LogP contribution in [-0.4, -0.2) is 44.1 Å². The first kappa shape index (κ1) is 17.5. The molecule has 5 heteroatoms. The van der Waals surface area contributed by atoms with E-state index in [1.165, 1.54) is 5.56 Å². The van der Waals surface area contributed by atoms with Crippen molar-refractivity contribution in [1.29, 1.82) is 0 Å². The summed E-state index contributed by atoms with van der Waals surface area (Å²) in [5, 5.41) is 1.04. The molecule has 3 aromatic rings. The van der Waals surface area contributed by atoms with Crippen LogP contribution in [0.4, 0.5) is 5.69 Å². The smallest absolute Gasteiger partial charge is 0.227 e. The lowest BCUT2D eigenvalue weighted by molar-refractivity contribution is -0.130. The SMILES string of the molecule is COc1ccccc1N1CCN(C(=O)Cc2coc3ccc(C)cc23)CC1. The number of benzene rings is 2. The predicted molar refractivity (Wildman–Crippen MR) is 106 cm³/mol. The molecule has 27 heavy (non-hydrogen) atoms. The number of rotatable bonds is 4. The largest absolute Gasteiger partial charge is 0.495 e. The molecule has 1 saturated heterocycles. The van der Waals surface area contributed by atoms with Crippen molar-refractivity contribution in [3.05, 3.63) is 59.9 Å². The van der Waals surface area contributed by atoms with Gasteiger partial charge in [0.1, 0.15) is 11.3 Å². The van der Waals surface area contributed by atoms with Gasteiger partial charge in [-0.25, -0.2) is 0 Å². The number of hydrogen-bond donors (Lipinski definition) is 0. The van der Waals surface area contributed by atoms with Crippen LogP contribution in [-0.2, 0) is 11.2 Å². The second-order valence-electron chi connectivity index (χ2n) is 6.98. The maximum Gasteiger partial charge on any atom is 0.227 e. The van der Waals surface area contributed by atoms with Gasteiger partial charge in [-0.2, -0.15) is 0 Å². The van der Waals surface area contributed by atoms with Gasteiger partial charge in [0.25, 0.3) is 0 Å². The number of carbonyl (C=O) groups excluding carboxylic acids is 1. The van der Waals surface area contributed by atoms with Crippen molar-refractivity contribution in [2.24, 2.45) is 0 Å². The van der Waals surface area contributed by atoms with E-state index in [9.17, 15) is 4.79 Å². The molecule has 0 unspecified atom stereocenters. The second kappa shape index (κ2) is 7.35.